The molecule has 0 aromatic rings. The van der Waals surface area contributed by atoms with Gasteiger partial charge in [0.25, 0.3) is 0 Å². The van der Waals surface area contributed by atoms with Crippen LogP contribution in [-0.2, 0) is 4.74 Å². The molecule has 0 aromatic heterocycles. The first-order valence-corrected chi connectivity index (χ1v) is 10.7. The molecule has 0 aliphatic heterocycles. The molecule has 8 atom stereocenters. The highest BCUT2D eigenvalue weighted by atomic mass is 35.5. The van der Waals surface area contributed by atoms with Crippen molar-refractivity contribution >= 4 is 11.6 Å². The Morgan fingerprint density at radius 3 is 2.42 bits per heavy atom. The number of rotatable bonds is 2. The number of alkyl halides is 1. The summed E-state index contributed by atoms with van der Waals surface area (Å²) in [6.45, 7) is 5.06. The smallest absolute Gasteiger partial charge is 0.0785 e. The molecule has 2 nitrogen and oxygen atoms in total. The van der Waals surface area contributed by atoms with Crippen LogP contribution in [0.5, 0.6) is 0 Å². The summed E-state index contributed by atoms with van der Waals surface area (Å²) in [5, 5.41) is 10.7. The summed E-state index contributed by atoms with van der Waals surface area (Å²) < 4.78 is 5.89. The van der Waals surface area contributed by atoms with Gasteiger partial charge in [0.1, 0.15) is 0 Å². The van der Waals surface area contributed by atoms with Crippen molar-refractivity contribution in [2.24, 2.45) is 34.5 Å². The van der Waals surface area contributed by atoms with Gasteiger partial charge in [-0.2, -0.15) is 0 Å². The molecule has 24 heavy (non-hydrogen) atoms. The maximum absolute atomic E-state index is 10.7. The number of halogens is 1. The van der Waals surface area contributed by atoms with Gasteiger partial charge in [-0.3, -0.25) is 0 Å². The lowest BCUT2D eigenvalue weighted by Gasteiger charge is -2.61. The fraction of sp³-hybridized carbons (Fsp3) is 1.00. The maximum Gasteiger partial charge on any atom is 0.0785 e. The molecule has 0 radical (unpaired) electrons. The van der Waals surface area contributed by atoms with Crippen LogP contribution in [0.2, 0.25) is 0 Å². The number of methoxy groups -OCH3 is 1. The molecule has 4 fully saturated rings. The van der Waals surface area contributed by atoms with E-state index in [0.29, 0.717) is 28.7 Å². The van der Waals surface area contributed by atoms with Crippen molar-refractivity contribution in [2.75, 3.05) is 13.0 Å². The molecule has 4 aliphatic rings. The van der Waals surface area contributed by atoms with Crippen LogP contribution >= 0.6 is 11.6 Å². The average molecular weight is 355 g/mol. The van der Waals surface area contributed by atoms with E-state index < -0.39 is 5.60 Å². The molecule has 1 N–H and O–H groups in total. The zero-order chi connectivity index (χ0) is 17.2. The first kappa shape index (κ1) is 17.6. The van der Waals surface area contributed by atoms with Crippen LogP contribution in [0.25, 0.3) is 0 Å². The van der Waals surface area contributed by atoms with Gasteiger partial charge in [-0.05, 0) is 92.3 Å². The summed E-state index contributed by atoms with van der Waals surface area (Å²) in [5.74, 6) is 3.66. The SMILES string of the molecule is COC1CC[C@H]2[C@@H]3CCC4CC(O)(CCl)CC[C@]4(C)[C@@H]3CC[C@]12C. The van der Waals surface area contributed by atoms with Gasteiger partial charge in [-0.25, -0.2) is 0 Å². The highest BCUT2D eigenvalue weighted by Crippen LogP contribution is 2.67. The van der Waals surface area contributed by atoms with Gasteiger partial charge in [0.15, 0.2) is 0 Å². The molecule has 0 heterocycles. The molecular weight excluding hydrogens is 320 g/mol. The van der Waals surface area contributed by atoms with Gasteiger partial charge in [0.2, 0.25) is 0 Å². The third-order valence-corrected chi connectivity index (χ3v) is 9.76. The molecule has 4 saturated carbocycles. The second-order valence-corrected chi connectivity index (χ2v) is 10.3. The summed E-state index contributed by atoms with van der Waals surface area (Å²) in [5.41, 5.74) is 0.231. The van der Waals surface area contributed by atoms with E-state index in [1.54, 1.807) is 0 Å². The van der Waals surface area contributed by atoms with E-state index in [9.17, 15) is 5.11 Å². The lowest BCUT2D eigenvalue weighted by molar-refractivity contribution is -0.152. The van der Waals surface area contributed by atoms with Crippen molar-refractivity contribution in [1.82, 2.24) is 0 Å². The van der Waals surface area contributed by atoms with Crippen molar-refractivity contribution < 1.29 is 9.84 Å². The van der Waals surface area contributed by atoms with Crippen LogP contribution in [-0.4, -0.2) is 29.8 Å². The Morgan fingerprint density at radius 2 is 1.71 bits per heavy atom. The second-order valence-electron chi connectivity index (χ2n) is 10.1. The Kier molecular flexibility index (Phi) is 4.30. The summed E-state index contributed by atoms with van der Waals surface area (Å²) in [6.07, 6.45) is 11.4. The molecular formula is C21H35ClO2. The Balaban J connectivity index is 1.58. The van der Waals surface area contributed by atoms with E-state index in [-0.39, 0.29) is 0 Å². The fourth-order valence-electron chi connectivity index (χ4n) is 7.78. The van der Waals surface area contributed by atoms with E-state index in [1.807, 2.05) is 7.11 Å². The third-order valence-electron chi connectivity index (χ3n) is 9.27. The third kappa shape index (κ3) is 2.35. The lowest BCUT2D eigenvalue weighted by Crippen LogP contribution is -2.56. The summed E-state index contributed by atoms with van der Waals surface area (Å²) in [6, 6.07) is 0. The van der Waals surface area contributed by atoms with Crippen molar-refractivity contribution in [1.29, 1.82) is 0 Å². The van der Waals surface area contributed by atoms with Crippen LogP contribution in [0.3, 0.4) is 0 Å². The molecule has 138 valence electrons. The standard InChI is InChI=1S/C21H35ClO2/c1-19-10-11-21(23,13-22)12-14(19)4-5-15-16-6-7-18(24-3)20(16,2)9-8-17(15)19/h14-18,23H,4-13H2,1-3H3/t14?,15-,16-,17+,18?,19-,20-,21?/m0/s1. The van der Waals surface area contributed by atoms with Gasteiger partial charge < -0.3 is 9.84 Å². The predicted molar refractivity (Wildman–Crippen MR) is 98.2 cm³/mol. The van der Waals surface area contributed by atoms with Crippen molar-refractivity contribution in [3.8, 4) is 0 Å². The second kappa shape index (κ2) is 5.86. The first-order chi connectivity index (χ1) is 11.4. The minimum absolute atomic E-state index is 0.407. The molecule has 0 spiro atoms. The van der Waals surface area contributed by atoms with Gasteiger partial charge in [-0.1, -0.05) is 13.8 Å². The monoisotopic (exact) mass is 354 g/mol. The summed E-state index contributed by atoms with van der Waals surface area (Å²) >= 11 is 6.09. The van der Waals surface area contributed by atoms with E-state index in [2.05, 4.69) is 13.8 Å². The van der Waals surface area contributed by atoms with E-state index >= 15 is 0 Å². The maximum atomic E-state index is 10.7. The Labute approximate surface area is 152 Å². The van der Waals surface area contributed by atoms with Crippen molar-refractivity contribution in [3.05, 3.63) is 0 Å². The van der Waals surface area contributed by atoms with E-state index in [0.717, 1.165) is 30.6 Å². The summed E-state index contributed by atoms with van der Waals surface area (Å²) in [7, 11) is 1.91. The molecule has 3 heteroatoms. The highest BCUT2D eigenvalue weighted by Gasteiger charge is 2.61. The minimum Gasteiger partial charge on any atom is -0.389 e. The van der Waals surface area contributed by atoms with Crippen LogP contribution in [0, 0.1) is 34.5 Å². The molecule has 0 saturated heterocycles. The highest BCUT2D eigenvalue weighted by molar-refractivity contribution is 6.18. The van der Waals surface area contributed by atoms with E-state index in [1.165, 1.54) is 44.9 Å². The van der Waals surface area contributed by atoms with Gasteiger partial charge in [0, 0.05) is 7.11 Å². The number of aliphatic hydroxyl groups is 1. The van der Waals surface area contributed by atoms with Crippen LogP contribution in [0.15, 0.2) is 0 Å². The molecule has 0 amide bonds. The quantitative estimate of drug-likeness (QED) is 0.706. The Hall–Kier alpha value is 0.210. The zero-order valence-corrected chi connectivity index (χ0v) is 16.4. The molecule has 3 unspecified atom stereocenters. The largest absolute Gasteiger partial charge is 0.389 e. The van der Waals surface area contributed by atoms with Crippen molar-refractivity contribution in [2.45, 2.75) is 83.3 Å². The van der Waals surface area contributed by atoms with Gasteiger partial charge in [-0.15, -0.1) is 11.6 Å². The molecule has 4 rings (SSSR count). The molecule has 4 aliphatic carbocycles. The Bertz CT molecular complexity index is 496. The number of hydrogen-bond acceptors (Lipinski definition) is 2. The lowest BCUT2D eigenvalue weighted by atomic mass is 9.44. The number of hydrogen-bond donors (Lipinski definition) is 1. The zero-order valence-electron chi connectivity index (χ0n) is 15.7. The Morgan fingerprint density at radius 1 is 0.958 bits per heavy atom. The van der Waals surface area contributed by atoms with Crippen molar-refractivity contribution in [3.63, 3.8) is 0 Å². The van der Waals surface area contributed by atoms with Crippen LogP contribution in [0.4, 0.5) is 0 Å². The fourth-order valence-corrected chi connectivity index (χ4v) is 8.03. The average Bonchev–Trinajstić information content (AvgIpc) is 2.92. The van der Waals surface area contributed by atoms with Crippen LogP contribution in [0.1, 0.15) is 71.6 Å². The van der Waals surface area contributed by atoms with Gasteiger partial charge >= 0.3 is 0 Å². The predicted octanol–water partition coefficient (Wildman–Crippen LogP) is 5.01. The number of ether oxygens (including phenoxy) is 1. The normalized spacial score (nSPS) is 57.1. The van der Waals surface area contributed by atoms with Gasteiger partial charge in [0.05, 0.1) is 17.6 Å². The van der Waals surface area contributed by atoms with Crippen LogP contribution < -0.4 is 0 Å². The first-order valence-electron chi connectivity index (χ1n) is 10.2. The minimum atomic E-state index is -0.601. The molecule has 0 aromatic carbocycles. The summed E-state index contributed by atoms with van der Waals surface area (Å²) in [4.78, 5) is 0. The van der Waals surface area contributed by atoms with E-state index in [4.69, 9.17) is 16.3 Å². The molecule has 0 bridgehead atoms. The number of fused-ring (bicyclic) bond motifs is 5. The topological polar surface area (TPSA) is 29.5 Å².